The van der Waals surface area contributed by atoms with Gasteiger partial charge in [0.2, 0.25) is 5.91 Å². The number of benzene rings is 5. The van der Waals surface area contributed by atoms with Crippen molar-refractivity contribution >= 4 is 68.5 Å². The maximum absolute atomic E-state index is 13.4. The Morgan fingerprint density at radius 3 is 2.38 bits per heavy atom. The summed E-state index contributed by atoms with van der Waals surface area (Å²) in [7, 11) is 1.56. The number of rotatable bonds is 11. The molecule has 0 aliphatic carbocycles. The zero-order valence-corrected chi connectivity index (χ0v) is 27.4. The molecule has 6 aromatic rings. The molecule has 0 aliphatic rings. The van der Waals surface area contributed by atoms with Crippen LogP contribution in [0.15, 0.2) is 137 Å². The molecule has 0 unspecified atom stereocenters. The number of carbonyl (C=O) groups is 3. The highest BCUT2D eigenvalue weighted by molar-refractivity contribution is 8.00. The average molecular weight is 671 g/mol. The number of thiazole rings is 1. The molecule has 0 saturated heterocycles. The molecule has 3 amide bonds. The number of fused-ring (bicyclic) bond motifs is 1. The molecule has 0 fully saturated rings. The molecule has 10 heteroatoms. The van der Waals surface area contributed by atoms with Crippen LogP contribution in [0.1, 0.15) is 15.9 Å². The number of amides is 3. The lowest BCUT2D eigenvalue weighted by Crippen LogP contribution is -2.30. The van der Waals surface area contributed by atoms with E-state index < -0.39 is 11.8 Å². The van der Waals surface area contributed by atoms with Crippen LogP contribution in [0, 0.1) is 0 Å². The maximum atomic E-state index is 13.4. The van der Waals surface area contributed by atoms with E-state index in [0.717, 1.165) is 26.9 Å². The number of thioether (sulfide) groups is 1. The fraction of sp³-hybridized carbons (Fsp3) is 0.0526. The molecule has 0 bridgehead atoms. The molecule has 1 heterocycles. The van der Waals surface area contributed by atoms with Crippen LogP contribution >= 0.6 is 23.1 Å². The summed E-state index contributed by atoms with van der Waals surface area (Å²) >= 11 is 2.75. The Labute approximate surface area is 285 Å². The van der Waals surface area contributed by atoms with Gasteiger partial charge in [0, 0.05) is 27.1 Å². The van der Waals surface area contributed by atoms with Crippen molar-refractivity contribution in [2.45, 2.75) is 4.90 Å². The largest absolute Gasteiger partial charge is 0.497 e. The molecule has 8 nitrogen and oxygen atoms in total. The van der Waals surface area contributed by atoms with E-state index in [2.05, 4.69) is 45.2 Å². The third-order valence-corrected chi connectivity index (χ3v) is 8.98. The second-order valence-electron chi connectivity index (χ2n) is 10.6. The van der Waals surface area contributed by atoms with Gasteiger partial charge >= 0.3 is 0 Å². The summed E-state index contributed by atoms with van der Waals surface area (Å²) in [6, 6.07) is 37.3. The van der Waals surface area contributed by atoms with Crippen molar-refractivity contribution in [1.29, 1.82) is 0 Å². The van der Waals surface area contributed by atoms with Crippen molar-refractivity contribution in [2.75, 3.05) is 23.5 Å². The Balaban J connectivity index is 1.06. The van der Waals surface area contributed by atoms with Gasteiger partial charge in [0.25, 0.3) is 11.8 Å². The number of nitrogens with one attached hydrogen (secondary N) is 3. The first kappa shape index (κ1) is 32.2. The van der Waals surface area contributed by atoms with Crippen molar-refractivity contribution in [3.63, 3.8) is 0 Å². The molecule has 3 N–H and O–H groups in total. The standard InChI is InChI=1S/C38H30N4O4S2/c1-46-31-13-7-8-25(20-31)21-33(40-36(44)27-10-3-2-4-11-27)37(45)39-30-16-18-32(19-17-30)47-24-35(43)42-38-41-34(23-48-38)29-15-14-26-9-5-6-12-28(26)22-29/h2-23H,24H2,1H3,(H,39,45)(H,40,44)(H,41,42,43)/b33-21-. The van der Waals surface area contributed by atoms with Gasteiger partial charge in [-0.05, 0) is 77.0 Å². The highest BCUT2D eigenvalue weighted by atomic mass is 32.2. The first-order valence-corrected chi connectivity index (χ1v) is 16.8. The van der Waals surface area contributed by atoms with E-state index in [1.807, 2.05) is 47.8 Å². The summed E-state index contributed by atoms with van der Waals surface area (Å²) in [5, 5.41) is 13.2. The van der Waals surface area contributed by atoms with Crippen LogP contribution in [0.4, 0.5) is 10.8 Å². The summed E-state index contributed by atoms with van der Waals surface area (Å²) in [4.78, 5) is 44.5. The molecule has 5 aromatic carbocycles. The summed E-state index contributed by atoms with van der Waals surface area (Å²) in [5.41, 5.74) is 3.51. The first-order valence-electron chi connectivity index (χ1n) is 14.9. The molecule has 6 rings (SSSR count). The van der Waals surface area contributed by atoms with Crippen LogP contribution in [-0.4, -0.2) is 35.6 Å². The van der Waals surface area contributed by atoms with Crippen LogP contribution in [-0.2, 0) is 9.59 Å². The van der Waals surface area contributed by atoms with Gasteiger partial charge in [-0.3, -0.25) is 14.4 Å². The number of hydrogen-bond donors (Lipinski definition) is 3. The third-order valence-electron chi connectivity index (χ3n) is 7.21. The fourth-order valence-electron chi connectivity index (χ4n) is 4.79. The van der Waals surface area contributed by atoms with Crippen LogP contribution in [0.25, 0.3) is 28.1 Å². The van der Waals surface area contributed by atoms with E-state index in [0.29, 0.717) is 27.7 Å². The lowest BCUT2D eigenvalue weighted by molar-refractivity contribution is -0.114. The topological polar surface area (TPSA) is 109 Å². The van der Waals surface area contributed by atoms with Gasteiger partial charge in [0.1, 0.15) is 11.4 Å². The molecular weight excluding hydrogens is 641 g/mol. The van der Waals surface area contributed by atoms with Gasteiger partial charge in [-0.1, -0.05) is 66.7 Å². The van der Waals surface area contributed by atoms with Crippen molar-refractivity contribution in [2.24, 2.45) is 0 Å². The number of nitrogens with zero attached hydrogens (tertiary/aromatic N) is 1. The van der Waals surface area contributed by atoms with Crippen LogP contribution in [0.3, 0.4) is 0 Å². The van der Waals surface area contributed by atoms with Crippen LogP contribution in [0.2, 0.25) is 0 Å². The predicted molar refractivity (Wildman–Crippen MR) is 194 cm³/mol. The molecule has 0 spiro atoms. The molecule has 0 radical (unpaired) electrons. The Bertz CT molecular complexity index is 2110. The molecule has 238 valence electrons. The summed E-state index contributed by atoms with van der Waals surface area (Å²) in [6.45, 7) is 0. The second-order valence-corrected chi connectivity index (χ2v) is 12.5. The highest BCUT2D eigenvalue weighted by Gasteiger charge is 2.16. The summed E-state index contributed by atoms with van der Waals surface area (Å²) in [5.74, 6) is -0.258. The van der Waals surface area contributed by atoms with Gasteiger partial charge in [-0.25, -0.2) is 4.98 Å². The smallest absolute Gasteiger partial charge is 0.272 e. The normalized spacial score (nSPS) is 11.1. The van der Waals surface area contributed by atoms with Gasteiger partial charge in [-0.2, -0.15) is 0 Å². The zero-order chi connectivity index (χ0) is 33.3. The summed E-state index contributed by atoms with van der Waals surface area (Å²) < 4.78 is 5.30. The molecule has 1 aromatic heterocycles. The number of ether oxygens (including phenoxy) is 1. The van der Waals surface area contributed by atoms with Gasteiger partial charge in [-0.15, -0.1) is 23.1 Å². The SMILES string of the molecule is COc1cccc(/C=C(\NC(=O)c2ccccc2)C(=O)Nc2ccc(SCC(=O)Nc3nc(-c4ccc5ccccc5c4)cs3)cc2)c1. The van der Waals surface area contributed by atoms with E-state index >= 15 is 0 Å². The van der Waals surface area contributed by atoms with Crippen LogP contribution < -0.4 is 20.7 Å². The van der Waals surface area contributed by atoms with Crippen molar-refractivity contribution in [3.05, 3.63) is 144 Å². The predicted octanol–water partition coefficient (Wildman–Crippen LogP) is 8.11. The number of methoxy groups -OCH3 is 1. The monoisotopic (exact) mass is 670 g/mol. The van der Waals surface area contributed by atoms with Crippen molar-refractivity contribution in [3.8, 4) is 17.0 Å². The Kier molecular flexibility index (Phi) is 10.2. The second kappa shape index (κ2) is 15.3. The minimum absolute atomic E-state index is 0.0678. The highest BCUT2D eigenvalue weighted by Crippen LogP contribution is 2.28. The van der Waals surface area contributed by atoms with Gasteiger partial charge < -0.3 is 20.7 Å². The van der Waals surface area contributed by atoms with Crippen molar-refractivity contribution < 1.29 is 19.1 Å². The van der Waals surface area contributed by atoms with Crippen molar-refractivity contribution in [1.82, 2.24) is 10.3 Å². The third kappa shape index (κ3) is 8.35. The van der Waals surface area contributed by atoms with E-state index in [1.54, 1.807) is 67.8 Å². The number of aromatic nitrogens is 1. The average Bonchev–Trinajstić information content (AvgIpc) is 3.59. The molecule has 0 saturated carbocycles. The Hall–Kier alpha value is -5.71. The van der Waals surface area contributed by atoms with Crippen LogP contribution in [0.5, 0.6) is 5.75 Å². The number of hydrogen-bond acceptors (Lipinski definition) is 7. The zero-order valence-electron chi connectivity index (χ0n) is 25.8. The van der Waals surface area contributed by atoms with Gasteiger partial charge in [0.15, 0.2) is 5.13 Å². The summed E-state index contributed by atoms with van der Waals surface area (Å²) in [6.07, 6.45) is 1.59. The molecule has 48 heavy (non-hydrogen) atoms. The lowest BCUT2D eigenvalue weighted by Gasteiger charge is -2.12. The lowest BCUT2D eigenvalue weighted by atomic mass is 10.1. The fourth-order valence-corrected chi connectivity index (χ4v) is 6.22. The molecular formula is C38H30N4O4S2. The van der Waals surface area contributed by atoms with E-state index in [9.17, 15) is 14.4 Å². The number of carbonyl (C=O) groups excluding carboxylic acids is 3. The maximum Gasteiger partial charge on any atom is 0.272 e. The molecule has 0 atom stereocenters. The van der Waals surface area contributed by atoms with Gasteiger partial charge in [0.05, 0.1) is 18.6 Å². The van der Waals surface area contributed by atoms with E-state index in [-0.39, 0.29) is 17.4 Å². The quantitative estimate of drug-likeness (QED) is 0.0949. The minimum atomic E-state index is -0.492. The van der Waals surface area contributed by atoms with E-state index in [1.165, 1.54) is 23.1 Å². The Morgan fingerprint density at radius 2 is 1.58 bits per heavy atom. The first-order chi connectivity index (χ1) is 23.4. The molecule has 0 aliphatic heterocycles. The number of anilines is 2. The van der Waals surface area contributed by atoms with E-state index in [4.69, 9.17) is 4.74 Å². The minimum Gasteiger partial charge on any atom is -0.497 e. The Morgan fingerprint density at radius 1 is 0.812 bits per heavy atom.